The molecule has 78 valence electrons. The Hall–Kier alpha value is -0.850. The van der Waals surface area contributed by atoms with Crippen molar-refractivity contribution in [1.82, 2.24) is 4.98 Å². The molecular weight excluding hydrogens is 170 g/mol. The molecule has 0 spiro atoms. The van der Waals surface area contributed by atoms with E-state index in [1.807, 2.05) is 6.20 Å². The van der Waals surface area contributed by atoms with Crippen molar-refractivity contribution in [2.24, 2.45) is 0 Å². The van der Waals surface area contributed by atoms with Crippen LogP contribution in [0.5, 0.6) is 0 Å². The molecule has 0 amide bonds. The molecule has 1 heteroatoms. The van der Waals surface area contributed by atoms with Crippen molar-refractivity contribution in [3.63, 3.8) is 0 Å². The molecule has 0 aliphatic rings. The third kappa shape index (κ3) is 3.91. The van der Waals surface area contributed by atoms with Gasteiger partial charge in [-0.1, -0.05) is 33.1 Å². The molecule has 0 atom stereocenters. The Labute approximate surface area is 87.6 Å². The monoisotopic (exact) mass is 191 g/mol. The predicted octanol–water partition coefficient (Wildman–Crippen LogP) is 3.77. The van der Waals surface area contributed by atoms with Crippen molar-refractivity contribution in [3.8, 4) is 0 Å². The minimum atomic E-state index is 1.11. The van der Waals surface area contributed by atoms with Gasteiger partial charge < -0.3 is 0 Å². The van der Waals surface area contributed by atoms with Crippen LogP contribution in [0, 0.1) is 0 Å². The number of rotatable bonds is 6. The third-order valence-electron chi connectivity index (χ3n) is 2.46. The highest BCUT2D eigenvalue weighted by molar-refractivity contribution is 5.16. The van der Waals surface area contributed by atoms with E-state index in [4.69, 9.17) is 0 Å². The lowest BCUT2D eigenvalue weighted by atomic mass is 10.1. The summed E-state index contributed by atoms with van der Waals surface area (Å²) in [4.78, 5) is 4.36. The van der Waals surface area contributed by atoms with E-state index in [0.29, 0.717) is 0 Å². The number of aromatic nitrogens is 1. The van der Waals surface area contributed by atoms with Gasteiger partial charge in [-0.3, -0.25) is 4.98 Å². The van der Waals surface area contributed by atoms with Gasteiger partial charge in [0.05, 0.1) is 0 Å². The molecule has 14 heavy (non-hydrogen) atoms. The van der Waals surface area contributed by atoms with Crippen molar-refractivity contribution < 1.29 is 0 Å². The molecule has 1 aromatic heterocycles. The highest BCUT2D eigenvalue weighted by Gasteiger charge is 1.96. The molecule has 0 N–H and O–H groups in total. The summed E-state index contributed by atoms with van der Waals surface area (Å²) < 4.78 is 0. The molecule has 0 radical (unpaired) electrons. The van der Waals surface area contributed by atoms with Gasteiger partial charge in [0, 0.05) is 11.9 Å². The molecule has 0 aliphatic heterocycles. The maximum Gasteiger partial charge on any atom is 0.0406 e. The summed E-state index contributed by atoms with van der Waals surface area (Å²) in [7, 11) is 0. The summed E-state index contributed by atoms with van der Waals surface area (Å²) in [6.45, 7) is 4.44. The Kier molecular flexibility index (Phi) is 5.28. The van der Waals surface area contributed by atoms with E-state index in [0.717, 1.165) is 6.42 Å². The minimum Gasteiger partial charge on any atom is -0.261 e. The third-order valence-corrected chi connectivity index (χ3v) is 2.46. The number of hydrogen-bond acceptors (Lipinski definition) is 1. The topological polar surface area (TPSA) is 12.9 Å². The second-order valence-corrected chi connectivity index (χ2v) is 3.86. The van der Waals surface area contributed by atoms with Crippen LogP contribution in [0.4, 0.5) is 0 Å². The van der Waals surface area contributed by atoms with E-state index in [2.05, 4.69) is 31.0 Å². The minimum absolute atomic E-state index is 1.11. The largest absolute Gasteiger partial charge is 0.261 e. The van der Waals surface area contributed by atoms with Gasteiger partial charge in [0.25, 0.3) is 0 Å². The first-order chi connectivity index (χ1) is 6.86. The summed E-state index contributed by atoms with van der Waals surface area (Å²) in [5.74, 6) is 0. The van der Waals surface area contributed by atoms with Crippen LogP contribution in [-0.4, -0.2) is 4.98 Å². The van der Waals surface area contributed by atoms with Crippen LogP contribution in [0.15, 0.2) is 18.3 Å². The van der Waals surface area contributed by atoms with E-state index in [-0.39, 0.29) is 0 Å². The van der Waals surface area contributed by atoms with Crippen molar-refractivity contribution in [1.29, 1.82) is 0 Å². The van der Waals surface area contributed by atoms with E-state index >= 15 is 0 Å². The number of unbranched alkanes of at least 4 members (excludes halogenated alkanes) is 2. The Morgan fingerprint density at radius 1 is 1.07 bits per heavy atom. The van der Waals surface area contributed by atoms with Crippen LogP contribution in [0.25, 0.3) is 0 Å². The Morgan fingerprint density at radius 2 is 1.93 bits per heavy atom. The zero-order chi connectivity index (χ0) is 10.2. The maximum atomic E-state index is 4.36. The van der Waals surface area contributed by atoms with Crippen molar-refractivity contribution >= 4 is 0 Å². The first kappa shape index (κ1) is 11.2. The van der Waals surface area contributed by atoms with Crippen LogP contribution in [0.1, 0.15) is 50.8 Å². The van der Waals surface area contributed by atoms with Crippen LogP contribution < -0.4 is 0 Å². The molecule has 0 saturated heterocycles. The number of hydrogen-bond donors (Lipinski definition) is 0. The van der Waals surface area contributed by atoms with Crippen LogP contribution in [-0.2, 0) is 12.8 Å². The van der Waals surface area contributed by atoms with Gasteiger partial charge in [-0.25, -0.2) is 0 Å². The quantitative estimate of drug-likeness (QED) is 0.624. The summed E-state index contributed by atoms with van der Waals surface area (Å²) >= 11 is 0. The molecule has 1 nitrogen and oxygen atoms in total. The molecule has 0 unspecified atom stereocenters. The Balaban J connectivity index is 2.46. The average molecular weight is 191 g/mol. The number of aryl methyl sites for hydroxylation is 2. The molecule has 1 rings (SSSR count). The second-order valence-electron chi connectivity index (χ2n) is 3.86. The van der Waals surface area contributed by atoms with Gasteiger partial charge in [0.1, 0.15) is 0 Å². The number of nitrogens with zero attached hydrogens (tertiary/aromatic N) is 1. The lowest BCUT2D eigenvalue weighted by molar-refractivity contribution is 0.715. The fraction of sp³-hybridized carbons (Fsp3) is 0.615. The molecule has 0 saturated carbocycles. The highest BCUT2D eigenvalue weighted by atomic mass is 14.7. The first-order valence-corrected chi connectivity index (χ1v) is 5.80. The van der Waals surface area contributed by atoms with Gasteiger partial charge >= 0.3 is 0 Å². The van der Waals surface area contributed by atoms with E-state index < -0.39 is 0 Å². The zero-order valence-electron chi connectivity index (χ0n) is 9.42. The molecule has 0 aliphatic carbocycles. The van der Waals surface area contributed by atoms with E-state index in [1.165, 1.54) is 43.4 Å². The summed E-state index contributed by atoms with van der Waals surface area (Å²) in [6.07, 6.45) is 9.41. The SMILES string of the molecule is CCCCCc1ccnc(CCC)c1. The molecule has 0 aromatic carbocycles. The summed E-state index contributed by atoms with van der Waals surface area (Å²) in [5.41, 5.74) is 2.71. The second kappa shape index (κ2) is 6.58. The lowest BCUT2D eigenvalue weighted by Gasteiger charge is -2.03. The summed E-state index contributed by atoms with van der Waals surface area (Å²) in [6, 6.07) is 4.41. The van der Waals surface area contributed by atoms with Gasteiger partial charge in [0.15, 0.2) is 0 Å². The first-order valence-electron chi connectivity index (χ1n) is 5.80. The van der Waals surface area contributed by atoms with E-state index in [1.54, 1.807) is 0 Å². The van der Waals surface area contributed by atoms with Gasteiger partial charge in [-0.2, -0.15) is 0 Å². The Morgan fingerprint density at radius 3 is 2.64 bits per heavy atom. The van der Waals surface area contributed by atoms with Crippen LogP contribution in [0.3, 0.4) is 0 Å². The normalized spacial score (nSPS) is 10.4. The molecule has 0 fully saturated rings. The van der Waals surface area contributed by atoms with Gasteiger partial charge in [-0.15, -0.1) is 0 Å². The lowest BCUT2D eigenvalue weighted by Crippen LogP contribution is -1.92. The zero-order valence-corrected chi connectivity index (χ0v) is 9.42. The van der Waals surface area contributed by atoms with Gasteiger partial charge in [-0.05, 0) is 37.0 Å². The maximum absolute atomic E-state index is 4.36. The van der Waals surface area contributed by atoms with Crippen LogP contribution in [0.2, 0.25) is 0 Å². The van der Waals surface area contributed by atoms with Crippen LogP contribution >= 0.6 is 0 Å². The van der Waals surface area contributed by atoms with E-state index in [9.17, 15) is 0 Å². The predicted molar refractivity (Wildman–Crippen MR) is 61.5 cm³/mol. The van der Waals surface area contributed by atoms with Crippen molar-refractivity contribution in [3.05, 3.63) is 29.6 Å². The smallest absolute Gasteiger partial charge is 0.0406 e. The van der Waals surface area contributed by atoms with Gasteiger partial charge in [0.2, 0.25) is 0 Å². The fourth-order valence-electron chi connectivity index (χ4n) is 1.66. The standard InChI is InChI=1S/C13H21N/c1-3-5-6-8-12-9-10-14-13(11-12)7-4-2/h9-11H,3-8H2,1-2H3. The fourth-order valence-corrected chi connectivity index (χ4v) is 1.66. The average Bonchev–Trinajstić information content (AvgIpc) is 2.19. The van der Waals surface area contributed by atoms with Crippen molar-refractivity contribution in [2.45, 2.75) is 52.4 Å². The highest BCUT2D eigenvalue weighted by Crippen LogP contribution is 2.08. The molecule has 0 bridgehead atoms. The Bertz CT molecular complexity index is 255. The summed E-state index contributed by atoms with van der Waals surface area (Å²) in [5, 5.41) is 0. The number of pyridine rings is 1. The molecular formula is C13H21N. The molecule has 1 aromatic rings. The van der Waals surface area contributed by atoms with Crippen molar-refractivity contribution in [2.75, 3.05) is 0 Å². The molecule has 1 heterocycles.